The third-order valence-corrected chi connectivity index (χ3v) is 4.55. The topological polar surface area (TPSA) is 111 Å². The summed E-state index contributed by atoms with van der Waals surface area (Å²) < 4.78 is 14.9. The zero-order valence-electron chi connectivity index (χ0n) is 16.4. The highest BCUT2D eigenvalue weighted by atomic mass is 32.2. The Kier molecular flexibility index (Phi) is 9.85. The van der Waals surface area contributed by atoms with Gasteiger partial charge in [-0.1, -0.05) is 48.5 Å². The minimum absolute atomic E-state index is 0.0377. The van der Waals surface area contributed by atoms with Gasteiger partial charge in [0.05, 0.1) is 5.56 Å². The molecule has 0 amide bonds. The first-order chi connectivity index (χ1) is 14.5. The Morgan fingerprint density at radius 2 is 1.60 bits per heavy atom. The van der Waals surface area contributed by atoms with Gasteiger partial charge >= 0.3 is 17.2 Å². The van der Waals surface area contributed by atoms with E-state index < -0.39 is 36.3 Å². The molecule has 2 N–H and O–H groups in total. The molecule has 9 heteroatoms. The largest absolute Gasteiger partial charge is 0.460 e. The second kappa shape index (κ2) is 12.6. The summed E-state index contributed by atoms with van der Waals surface area (Å²) >= 11 is 0.697. The summed E-state index contributed by atoms with van der Waals surface area (Å²) in [5.74, 6) is -1.27. The number of carbonyl (C=O) groups excluding carboxylic acids is 3. The fourth-order valence-corrected chi connectivity index (χ4v) is 2.95. The molecule has 2 atom stereocenters. The first-order valence-corrected chi connectivity index (χ1v) is 10.1. The predicted molar refractivity (Wildman–Crippen MR) is 111 cm³/mol. The van der Waals surface area contributed by atoms with Gasteiger partial charge in [-0.15, -0.1) is 0 Å². The van der Waals surface area contributed by atoms with E-state index in [1.165, 1.54) is 6.92 Å². The Morgan fingerprint density at radius 3 is 2.23 bits per heavy atom. The van der Waals surface area contributed by atoms with Crippen LogP contribution >= 0.6 is 11.8 Å². The van der Waals surface area contributed by atoms with Crippen LogP contribution in [0.3, 0.4) is 0 Å². The predicted octanol–water partition coefficient (Wildman–Crippen LogP) is 2.71. The lowest BCUT2D eigenvalue weighted by Gasteiger charge is -2.18. The lowest BCUT2D eigenvalue weighted by atomic mass is 10.2. The van der Waals surface area contributed by atoms with Gasteiger partial charge in [0.1, 0.15) is 18.9 Å². The molecule has 0 heterocycles. The number of aliphatic hydroxyl groups is 1. The first kappa shape index (κ1) is 23.4. The maximum Gasteiger partial charge on any atom is 0.370 e. The fourth-order valence-electron chi connectivity index (χ4n) is 2.29. The summed E-state index contributed by atoms with van der Waals surface area (Å²) in [6, 6.07) is 16.5. The molecule has 160 valence electrons. The lowest BCUT2D eigenvalue weighted by Crippen LogP contribution is -2.44. The number of carbonyl (C=O) groups is 3. The van der Waals surface area contributed by atoms with Crippen molar-refractivity contribution in [2.45, 2.75) is 25.8 Å². The van der Waals surface area contributed by atoms with Crippen molar-refractivity contribution < 1.29 is 33.7 Å². The molecule has 0 saturated carbocycles. The molecule has 30 heavy (non-hydrogen) atoms. The average molecular weight is 433 g/mol. The van der Waals surface area contributed by atoms with Gasteiger partial charge in [-0.3, -0.25) is 10.1 Å². The molecule has 2 aromatic carbocycles. The van der Waals surface area contributed by atoms with E-state index in [2.05, 4.69) is 5.32 Å². The van der Waals surface area contributed by atoms with E-state index in [1.807, 2.05) is 30.3 Å². The van der Waals surface area contributed by atoms with E-state index in [9.17, 15) is 19.5 Å². The van der Waals surface area contributed by atoms with Gasteiger partial charge in [-0.05, 0) is 36.4 Å². The lowest BCUT2D eigenvalue weighted by molar-refractivity contribution is -0.147. The molecule has 2 rings (SSSR count). The molecular weight excluding hydrogens is 410 g/mol. The smallest absolute Gasteiger partial charge is 0.370 e. The SMILES string of the molecule is CC(O)N[C@@H](CSC(=O)OCOC(=O)c1ccccc1)C(=O)OCc1ccccc1. The second-order valence-corrected chi connectivity index (χ2v) is 7.06. The van der Waals surface area contributed by atoms with Gasteiger partial charge < -0.3 is 19.3 Å². The maximum atomic E-state index is 12.3. The molecule has 0 aliphatic carbocycles. The highest BCUT2D eigenvalue weighted by molar-refractivity contribution is 8.13. The second-order valence-electron chi connectivity index (χ2n) is 6.11. The molecule has 0 aliphatic heterocycles. The maximum absolute atomic E-state index is 12.3. The number of esters is 2. The minimum atomic E-state index is -0.984. The van der Waals surface area contributed by atoms with E-state index in [1.54, 1.807) is 30.3 Å². The Labute approximate surface area is 178 Å². The molecule has 8 nitrogen and oxygen atoms in total. The van der Waals surface area contributed by atoms with Crippen molar-refractivity contribution in [3.05, 3.63) is 71.8 Å². The van der Waals surface area contributed by atoms with Crippen molar-refractivity contribution in [3.8, 4) is 0 Å². The standard InChI is InChI=1S/C21H23NO7S/c1-15(23)22-18(20(25)27-12-16-8-4-2-5-9-16)13-30-21(26)29-14-28-19(24)17-10-6-3-7-11-17/h2-11,15,18,22-23H,12-14H2,1H3/t15?,18-/m0/s1. The van der Waals surface area contributed by atoms with Crippen LogP contribution in [-0.2, 0) is 25.6 Å². The number of rotatable bonds is 10. The minimum Gasteiger partial charge on any atom is -0.460 e. The van der Waals surface area contributed by atoms with E-state index in [0.717, 1.165) is 5.56 Å². The van der Waals surface area contributed by atoms with Crippen LogP contribution in [0, 0.1) is 0 Å². The van der Waals surface area contributed by atoms with Crippen LogP contribution in [0.25, 0.3) is 0 Å². The fraction of sp³-hybridized carbons (Fsp3) is 0.286. The van der Waals surface area contributed by atoms with Gasteiger partial charge in [-0.25, -0.2) is 9.59 Å². The third kappa shape index (κ3) is 8.64. The normalized spacial score (nSPS) is 12.5. The number of thioether (sulfide) groups is 1. The summed E-state index contributed by atoms with van der Waals surface area (Å²) in [5.41, 5.74) is 1.15. The monoisotopic (exact) mass is 433 g/mol. The molecule has 0 spiro atoms. The van der Waals surface area contributed by atoms with Crippen LogP contribution in [0.2, 0.25) is 0 Å². The summed E-state index contributed by atoms with van der Waals surface area (Å²) in [6.45, 7) is 0.970. The van der Waals surface area contributed by atoms with Gasteiger partial charge in [0.25, 0.3) is 0 Å². The van der Waals surface area contributed by atoms with Crippen molar-refractivity contribution in [3.63, 3.8) is 0 Å². The molecule has 0 fully saturated rings. The van der Waals surface area contributed by atoms with E-state index >= 15 is 0 Å². The van der Waals surface area contributed by atoms with Crippen molar-refractivity contribution >= 4 is 29.0 Å². The van der Waals surface area contributed by atoms with Crippen LogP contribution in [0.4, 0.5) is 4.79 Å². The quantitative estimate of drug-likeness (QED) is 0.431. The number of ether oxygens (including phenoxy) is 3. The molecule has 0 aliphatic rings. The highest BCUT2D eigenvalue weighted by Gasteiger charge is 2.23. The molecular formula is C21H23NO7S. The molecule has 0 bridgehead atoms. The summed E-state index contributed by atoms with van der Waals surface area (Å²) in [6.07, 6.45) is -0.984. The average Bonchev–Trinajstić information content (AvgIpc) is 2.76. The van der Waals surface area contributed by atoms with Crippen molar-refractivity contribution in [1.82, 2.24) is 5.32 Å². The number of hydrogen-bond acceptors (Lipinski definition) is 9. The Balaban J connectivity index is 1.75. The van der Waals surface area contributed by atoms with Crippen LogP contribution in [-0.4, -0.2) is 47.2 Å². The molecule has 0 saturated heterocycles. The van der Waals surface area contributed by atoms with Crippen molar-refractivity contribution in [1.29, 1.82) is 0 Å². The Bertz CT molecular complexity index is 815. The van der Waals surface area contributed by atoms with Gasteiger partial charge in [0, 0.05) is 5.75 Å². The van der Waals surface area contributed by atoms with E-state index in [-0.39, 0.29) is 12.4 Å². The van der Waals surface area contributed by atoms with Gasteiger partial charge in [0.15, 0.2) is 0 Å². The zero-order valence-corrected chi connectivity index (χ0v) is 17.2. The van der Waals surface area contributed by atoms with E-state index in [0.29, 0.717) is 17.3 Å². The third-order valence-electron chi connectivity index (χ3n) is 3.69. The number of hydrogen-bond donors (Lipinski definition) is 2. The summed E-state index contributed by atoms with van der Waals surface area (Å²) in [4.78, 5) is 35.9. The highest BCUT2D eigenvalue weighted by Crippen LogP contribution is 2.11. The summed E-state index contributed by atoms with van der Waals surface area (Å²) in [7, 11) is 0. The molecule has 2 aromatic rings. The molecule has 0 radical (unpaired) electrons. The van der Waals surface area contributed by atoms with Crippen molar-refractivity contribution in [2.75, 3.05) is 12.5 Å². The van der Waals surface area contributed by atoms with Crippen molar-refractivity contribution in [2.24, 2.45) is 0 Å². The molecule has 0 aromatic heterocycles. The van der Waals surface area contributed by atoms with E-state index in [4.69, 9.17) is 14.2 Å². The first-order valence-electron chi connectivity index (χ1n) is 9.12. The van der Waals surface area contributed by atoms with Crippen LogP contribution in [0.5, 0.6) is 0 Å². The van der Waals surface area contributed by atoms with Crippen LogP contribution < -0.4 is 5.32 Å². The number of nitrogens with one attached hydrogen (secondary N) is 1. The zero-order chi connectivity index (χ0) is 21.8. The van der Waals surface area contributed by atoms with Crippen LogP contribution in [0.15, 0.2) is 60.7 Å². The van der Waals surface area contributed by atoms with Gasteiger partial charge in [-0.2, -0.15) is 0 Å². The van der Waals surface area contributed by atoms with Gasteiger partial charge in [0.2, 0.25) is 6.79 Å². The number of benzene rings is 2. The Morgan fingerprint density at radius 1 is 0.967 bits per heavy atom. The van der Waals surface area contributed by atoms with Crippen LogP contribution in [0.1, 0.15) is 22.8 Å². The molecule has 1 unspecified atom stereocenters. The Hall–Kier alpha value is -2.88. The summed E-state index contributed by atoms with van der Waals surface area (Å²) in [5, 5.41) is 11.4. The number of aliphatic hydroxyl groups excluding tert-OH is 1.